The third-order valence-electron chi connectivity index (χ3n) is 5.03. The minimum atomic E-state index is -4.52. The van der Waals surface area contributed by atoms with E-state index in [1.165, 1.54) is 4.31 Å². The van der Waals surface area contributed by atoms with E-state index in [9.17, 15) is 30.8 Å². The highest BCUT2D eigenvalue weighted by molar-refractivity contribution is 7.89. The Labute approximate surface area is 171 Å². The van der Waals surface area contributed by atoms with E-state index in [2.05, 4.69) is 5.32 Å². The zero-order valence-electron chi connectivity index (χ0n) is 16.0. The molecule has 0 radical (unpaired) electrons. The molecule has 1 saturated heterocycles. The first kappa shape index (κ1) is 22.2. The SMILES string of the molecule is CC1CCN(S(=O)(=O)c2ccc(F)c(C(=O)Nc3ccc(C(F)(F)F)cc3)c2)CC1. The minimum absolute atomic E-state index is 0.0191. The molecule has 0 saturated carbocycles. The lowest BCUT2D eigenvalue weighted by Gasteiger charge is -2.29. The average Bonchev–Trinajstić information content (AvgIpc) is 2.68. The number of sulfonamides is 1. The molecule has 2 aromatic rings. The minimum Gasteiger partial charge on any atom is -0.322 e. The van der Waals surface area contributed by atoms with E-state index in [1.807, 2.05) is 6.92 Å². The monoisotopic (exact) mass is 444 g/mol. The van der Waals surface area contributed by atoms with E-state index >= 15 is 0 Å². The Morgan fingerprint density at radius 2 is 1.67 bits per heavy atom. The number of benzene rings is 2. The summed E-state index contributed by atoms with van der Waals surface area (Å²) in [4.78, 5) is 12.2. The van der Waals surface area contributed by atoms with Gasteiger partial charge in [0.15, 0.2) is 0 Å². The molecule has 0 aromatic heterocycles. The van der Waals surface area contributed by atoms with E-state index in [4.69, 9.17) is 0 Å². The van der Waals surface area contributed by atoms with Gasteiger partial charge in [-0.05, 0) is 61.2 Å². The molecular formula is C20H20F4N2O3S. The quantitative estimate of drug-likeness (QED) is 0.706. The normalized spacial score (nSPS) is 16.4. The third-order valence-corrected chi connectivity index (χ3v) is 6.93. The Morgan fingerprint density at radius 3 is 2.23 bits per heavy atom. The van der Waals surface area contributed by atoms with Crippen LogP contribution < -0.4 is 5.32 Å². The third kappa shape index (κ3) is 4.81. The number of hydrogen-bond acceptors (Lipinski definition) is 3. The lowest BCUT2D eigenvalue weighted by atomic mass is 10.0. The summed E-state index contributed by atoms with van der Waals surface area (Å²) in [7, 11) is -3.89. The molecule has 1 aliphatic rings. The van der Waals surface area contributed by atoms with Crippen molar-refractivity contribution in [3.8, 4) is 0 Å². The number of halogens is 4. The molecule has 3 rings (SSSR count). The van der Waals surface area contributed by atoms with E-state index < -0.39 is 39.1 Å². The van der Waals surface area contributed by atoms with Crippen LogP contribution in [0, 0.1) is 11.7 Å². The van der Waals surface area contributed by atoms with Crippen molar-refractivity contribution in [2.75, 3.05) is 18.4 Å². The molecule has 0 bridgehead atoms. The molecule has 0 unspecified atom stereocenters. The first-order valence-electron chi connectivity index (χ1n) is 9.27. The smallest absolute Gasteiger partial charge is 0.322 e. The fourth-order valence-corrected chi connectivity index (χ4v) is 4.65. The zero-order valence-corrected chi connectivity index (χ0v) is 16.9. The fourth-order valence-electron chi connectivity index (χ4n) is 3.15. The van der Waals surface area contributed by atoms with Crippen molar-refractivity contribution >= 4 is 21.6 Å². The first-order chi connectivity index (χ1) is 14.0. The predicted octanol–water partition coefficient (Wildman–Crippen LogP) is 4.52. The predicted molar refractivity (Wildman–Crippen MR) is 103 cm³/mol. The Morgan fingerprint density at radius 1 is 1.07 bits per heavy atom. The number of carbonyl (C=O) groups is 1. The molecule has 2 aromatic carbocycles. The van der Waals surface area contributed by atoms with Gasteiger partial charge in [-0.25, -0.2) is 12.8 Å². The number of nitrogens with zero attached hydrogens (tertiary/aromatic N) is 1. The second-order valence-corrected chi connectivity index (χ2v) is 9.20. The zero-order chi connectivity index (χ0) is 22.1. The maximum absolute atomic E-state index is 14.2. The van der Waals surface area contributed by atoms with Crippen molar-refractivity contribution in [1.82, 2.24) is 4.31 Å². The number of piperidine rings is 1. The fraction of sp³-hybridized carbons (Fsp3) is 0.350. The molecule has 1 amide bonds. The van der Waals surface area contributed by atoms with Crippen LogP contribution in [0.15, 0.2) is 47.4 Å². The van der Waals surface area contributed by atoms with Crippen LogP contribution in [0.3, 0.4) is 0 Å². The van der Waals surface area contributed by atoms with E-state index in [0.29, 0.717) is 31.8 Å². The number of hydrogen-bond donors (Lipinski definition) is 1. The van der Waals surface area contributed by atoms with Gasteiger partial charge in [-0.2, -0.15) is 17.5 Å². The highest BCUT2D eigenvalue weighted by Crippen LogP contribution is 2.30. The van der Waals surface area contributed by atoms with Gasteiger partial charge in [-0.1, -0.05) is 6.92 Å². The molecule has 162 valence electrons. The van der Waals surface area contributed by atoms with Crippen LogP contribution in [0.25, 0.3) is 0 Å². The molecule has 1 fully saturated rings. The average molecular weight is 444 g/mol. The van der Waals surface area contributed by atoms with E-state index in [-0.39, 0.29) is 10.6 Å². The highest BCUT2D eigenvalue weighted by Gasteiger charge is 2.31. The Kier molecular flexibility index (Phi) is 6.19. The Balaban J connectivity index is 1.82. The van der Waals surface area contributed by atoms with Gasteiger partial charge in [0.1, 0.15) is 5.82 Å². The molecule has 1 N–H and O–H groups in total. The number of nitrogens with one attached hydrogen (secondary N) is 1. The molecule has 5 nitrogen and oxygen atoms in total. The molecule has 1 heterocycles. The second-order valence-electron chi connectivity index (χ2n) is 7.26. The van der Waals surface area contributed by atoms with Crippen molar-refractivity contribution in [2.45, 2.75) is 30.8 Å². The summed E-state index contributed by atoms with van der Waals surface area (Å²) in [5.74, 6) is -1.49. The lowest BCUT2D eigenvalue weighted by Crippen LogP contribution is -2.38. The molecule has 30 heavy (non-hydrogen) atoms. The van der Waals surface area contributed by atoms with Gasteiger partial charge in [0.2, 0.25) is 10.0 Å². The van der Waals surface area contributed by atoms with Crippen LogP contribution in [0.1, 0.15) is 35.7 Å². The van der Waals surface area contributed by atoms with Crippen molar-refractivity contribution < 1.29 is 30.8 Å². The first-order valence-corrected chi connectivity index (χ1v) is 10.7. The van der Waals surface area contributed by atoms with Crippen molar-refractivity contribution in [1.29, 1.82) is 0 Å². The summed E-state index contributed by atoms with van der Waals surface area (Å²) < 4.78 is 79.1. The van der Waals surface area contributed by atoms with Crippen LogP contribution >= 0.6 is 0 Å². The molecule has 0 atom stereocenters. The molecule has 10 heteroatoms. The van der Waals surface area contributed by atoms with Crippen molar-refractivity contribution in [3.63, 3.8) is 0 Å². The Hall–Kier alpha value is -2.46. The van der Waals surface area contributed by atoms with Gasteiger partial charge in [-0.3, -0.25) is 4.79 Å². The maximum atomic E-state index is 14.2. The van der Waals surface area contributed by atoms with Crippen LogP contribution in [0.4, 0.5) is 23.2 Å². The number of alkyl halides is 3. The summed E-state index contributed by atoms with van der Waals surface area (Å²) in [6.07, 6.45) is -3.10. The van der Waals surface area contributed by atoms with E-state index in [1.54, 1.807) is 0 Å². The lowest BCUT2D eigenvalue weighted by molar-refractivity contribution is -0.137. The number of rotatable bonds is 4. The second kappa shape index (κ2) is 8.35. The summed E-state index contributed by atoms with van der Waals surface area (Å²) >= 11 is 0. The van der Waals surface area contributed by atoms with Crippen LogP contribution in [-0.4, -0.2) is 31.7 Å². The number of anilines is 1. The molecular weight excluding hydrogens is 424 g/mol. The summed E-state index contributed by atoms with van der Waals surface area (Å²) in [5.41, 5.74) is -1.39. The Bertz CT molecular complexity index is 1030. The molecule has 1 aliphatic heterocycles. The van der Waals surface area contributed by atoms with Crippen molar-refractivity contribution in [2.24, 2.45) is 5.92 Å². The van der Waals surface area contributed by atoms with Crippen LogP contribution in [-0.2, 0) is 16.2 Å². The van der Waals surface area contributed by atoms with Gasteiger partial charge in [0.25, 0.3) is 5.91 Å². The topological polar surface area (TPSA) is 66.5 Å². The van der Waals surface area contributed by atoms with Crippen molar-refractivity contribution in [3.05, 3.63) is 59.4 Å². The number of carbonyl (C=O) groups excluding carboxylic acids is 1. The van der Waals surface area contributed by atoms with Gasteiger partial charge >= 0.3 is 6.18 Å². The number of amides is 1. The molecule has 0 spiro atoms. The molecule has 0 aliphatic carbocycles. The standard InChI is InChI=1S/C20H20F4N2O3S/c1-13-8-10-26(11-9-13)30(28,29)16-6-7-18(21)17(12-16)19(27)25-15-4-2-14(3-5-15)20(22,23)24/h2-7,12-13H,8-11H2,1H3,(H,25,27). The van der Waals surface area contributed by atoms with Gasteiger partial charge in [0.05, 0.1) is 16.0 Å². The van der Waals surface area contributed by atoms with Crippen LogP contribution in [0.2, 0.25) is 0 Å². The summed E-state index contributed by atoms with van der Waals surface area (Å²) in [6, 6.07) is 6.57. The van der Waals surface area contributed by atoms with Crippen LogP contribution in [0.5, 0.6) is 0 Å². The van der Waals surface area contributed by atoms with Gasteiger partial charge in [0, 0.05) is 18.8 Å². The highest BCUT2D eigenvalue weighted by atomic mass is 32.2. The summed E-state index contributed by atoms with van der Waals surface area (Å²) in [6.45, 7) is 2.72. The summed E-state index contributed by atoms with van der Waals surface area (Å²) in [5, 5.41) is 2.29. The van der Waals surface area contributed by atoms with E-state index in [0.717, 1.165) is 42.5 Å². The van der Waals surface area contributed by atoms with Gasteiger partial charge in [-0.15, -0.1) is 0 Å². The van der Waals surface area contributed by atoms with Gasteiger partial charge < -0.3 is 5.32 Å². The largest absolute Gasteiger partial charge is 0.416 e. The maximum Gasteiger partial charge on any atom is 0.416 e.